The lowest BCUT2D eigenvalue weighted by molar-refractivity contribution is -0.130. The van der Waals surface area contributed by atoms with Crippen LogP contribution < -0.4 is 15.5 Å². The summed E-state index contributed by atoms with van der Waals surface area (Å²) in [5.74, 6) is -0.515. The number of halogens is 2. The van der Waals surface area contributed by atoms with Gasteiger partial charge >= 0.3 is 0 Å². The van der Waals surface area contributed by atoms with Crippen molar-refractivity contribution >= 4 is 58.4 Å². The van der Waals surface area contributed by atoms with E-state index in [2.05, 4.69) is 10.7 Å². The Labute approximate surface area is 188 Å². The molecule has 0 bridgehead atoms. The summed E-state index contributed by atoms with van der Waals surface area (Å²) in [6.07, 6.45) is 0. The van der Waals surface area contributed by atoms with Gasteiger partial charge in [-0.3, -0.25) is 19.8 Å². The Morgan fingerprint density at radius 3 is 2.67 bits per heavy atom. The molecular weight excluding hydrogens is 449 g/mol. The van der Waals surface area contributed by atoms with Gasteiger partial charge in [0.2, 0.25) is 5.91 Å². The van der Waals surface area contributed by atoms with E-state index in [9.17, 15) is 14.4 Å². The summed E-state index contributed by atoms with van der Waals surface area (Å²) < 4.78 is 5.56. The van der Waals surface area contributed by atoms with E-state index in [1.165, 1.54) is 29.8 Å². The van der Waals surface area contributed by atoms with E-state index < -0.39 is 11.3 Å². The van der Waals surface area contributed by atoms with E-state index in [0.29, 0.717) is 33.7 Å². The summed E-state index contributed by atoms with van der Waals surface area (Å²) in [6, 6.07) is 9.69. The number of nitrogens with zero attached hydrogens (tertiary/aromatic N) is 1. The van der Waals surface area contributed by atoms with Crippen molar-refractivity contribution < 1.29 is 19.1 Å². The second kappa shape index (κ2) is 9.59. The average Bonchev–Trinajstić information content (AvgIpc) is 3.02. The zero-order valence-corrected chi connectivity index (χ0v) is 18.5. The van der Waals surface area contributed by atoms with Gasteiger partial charge < -0.3 is 10.1 Å². The van der Waals surface area contributed by atoms with Crippen LogP contribution in [0.5, 0.6) is 5.75 Å². The number of hydrogen-bond donors (Lipinski definition) is 2. The van der Waals surface area contributed by atoms with Gasteiger partial charge in [-0.05, 0) is 31.2 Å². The Bertz CT molecular complexity index is 1000. The van der Waals surface area contributed by atoms with Crippen LogP contribution in [0.2, 0.25) is 10.0 Å². The maximum atomic E-state index is 13.0. The van der Waals surface area contributed by atoms with Crippen LogP contribution in [0.3, 0.4) is 0 Å². The van der Waals surface area contributed by atoms with Gasteiger partial charge in [0.1, 0.15) is 11.1 Å². The lowest BCUT2D eigenvalue weighted by Gasteiger charge is -2.25. The highest BCUT2D eigenvalue weighted by Gasteiger charge is 2.36. The number of hydrogen-bond acceptors (Lipinski definition) is 5. The van der Waals surface area contributed by atoms with Crippen molar-refractivity contribution in [3.05, 3.63) is 57.6 Å². The Kier molecular flexibility index (Phi) is 7.12. The van der Waals surface area contributed by atoms with E-state index in [0.717, 1.165) is 0 Å². The highest BCUT2D eigenvalue weighted by Crippen LogP contribution is 2.41. The normalized spacial score (nSPS) is 15.8. The number of nitrogens with one attached hydrogen (secondary N) is 2. The molecule has 1 aliphatic rings. The summed E-state index contributed by atoms with van der Waals surface area (Å²) in [5, 5.41) is 4.31. The molecule has 0 spiro atoms. The van der Waals surface area contributed by atoms with E-state index in [4.69, 9.17) is 27.9 Å². The average molecular weight is 468 g/mol. The first kappa shape index (κ1) is 22.3. The third-order valence-corrected chi connectivity index (χ3v) is 5.92. The number of rotatable bonds is 6. The zero-order chi connectivity index (χ0) is 21.8. The van der Waals surface area contributed by atoms with E-state index >= 15 is 0 Å². The third-order valence-electron chi connectivity index (χ3n) is 4.16. The van der Waals surface area contributed by atoms with Crippen LogP contribution in [0.4, 0.5) is 5.69 Å². The molecule has 0 aliphatic carbocycles. The molecule has 1 atom stereocenters. The molecule has 1 aliphatic heterocycles. The van der Waals surface area contributed by atoms with Crippen molar-refractivity contribution in [2.45, 2.75) is 19.2 Å². The second-order valence-electron chi connectivity index (χ2n) is 6.36. The smallest absolute Gasteiger partial charge is 0.273 e. The molecule has 2 aromatic carbocycles. The molecule has 1 heterocycles. The molecule has 10 heteroatoms. The number of carbonyl (C=O) groups is 3. The SMILES string of the molecule is CCOc1cc(NC(C)=O)ccc1C(=O)NN1C(=O)CSC1c1ccc(Cl)cc1Cl. The molecule has 0 aromatic heterocycles. The summed E-state index contributed by atoms with van der Waals surface area (Å²) in [4.78, 5) is 36.7. The quantitative estimate of drug-likeness (QED) is 0.661. The third kappa shape index (κ3) is 5.00. The van der Waals surface area contributed by atoms with Crippen LogP contribution in [-0.4, -0.2) is 35.1 Å². The number of anilines is 1. The maximum Gasteiger partial charge on any atom is 0.273 e. The fraction of sp³-hybridized carbons (Fsp3) is 0.250. The van der Waals surface area contributed by atoms with Crippen molar-refractivity contribution in [1.29, 1.82) is 0 Å². The molecular formula is C20H19Cl2N3O4S. The molecule has 1 saturated heterocycles. The summed E-state index contributed by atoms with van der Waals surface area (Å²) in [6.45, 7) is 3.50. The fourth-order valence-corrected chi connectivity index (χ4v) is 4.63. The predicted octanol–water partition coefficient (Wildman–Crippen LogP) is 4.27. The van der Waals surface area contributed by atoms with Gasteiger partial charge in [-0.15, -0.1) is 11.8 Å². The minimum absolute atomic E-state index is 0.198. The lowest BCUT2D eigenvalue weighted by Crippen LogP contribution is -2.44. The first-order chi connectivity index (χ1) is 14.3. The standard InChI is InChI=1S/C20H19Cl2N3O4S/c1-3-29-17-9-13(23-11(2)26)5-7-15(17)19(28)24-25-18(27)10-30-20(25)14-6-4-12(21)8-16(14)22/h4-9,20H,3,10H2,1-2H3,(H,23,26)(H,24,28). The van der Waals surface area contributed by atoms with Crippen LogP contribution in [0, 0.1) is 0 Å². The van der Waals surface area contributed by atoms with Gasteiger partial charge in [0.25, 0.3) is 11.8 Å². The molecule has 0 radical (unpaired) electrons. The second-order valence-corrected chi connectivity index (χ2v) is 8.27. The van der Waals surface area contributed by atoms with Crippen LogP contribution in [0.25, 0.3) is 0 Å². The molecule has 30 heavy (non-hydrogen) atoms. The molecule has 1 fully saturated rings. The van der Waals surface area contributed by atoms with Crippen molar-refractivity contribution in [2.24, 2.45) is 0 Å². The molecule has 2 N–H and O–H groups in total. The monoisotopic (exact) mass is 467 g/mol. The first-order valence-electron chi connectivity index (χ1n) is 9.04. The number of hydrazine groups is 1. The van der Waals surface area contributed by atoms with E-state index in [1.54, 1.807) is 37.3 Å². The topological polar surface area (TPSA) is 87.7 Å². The predicted molar refractivity (Wildman–Crippen MR) is 118 cm³/mol. The molecule has 2 aromatic rings. The van der Waals surface area contributed by atoms with Crippen molar-refractivity contribution in [3.63, 3.8) is 0 Å². The number of amides is 3. The maximum absolute atomic E-state index is 13.0. The van der Waals surface area contributed by atoms with E-state index in [-0.39, 0.29) is 23.1 Å². The van der Waals surface area contributed by atoms with Gasteiger partial charge in [0.15, 0.2) is 0 Å². The molecule has 0 saturated carbocycles. The minimum atomic E-state index is -0.515. The number of thioether (sulfide) groups is 1. The van der Waals surface area contributed by atoms with Crippen molar-refractivity contribution in [2.75, 3.05) is 17.7 Å². The largest absolute Gasteiger partial charge is 0.493 e. The minimum Gasteiger partial charge on any atom is -0.493 e. The Morgan fingerprint density at radius 1 is 1.23 bits per heavy atom. The molecule has 7 nitrogen and oxygen atoms in total. The zero-order valence-electron chi connectivity index (χ0n) is 16.2. The number of carbonyl (C=O) groups excluding carboxylic acids is 3. The number of benzene rings is 2. The highest BCUT2D eigenvalue weighted by atomic mass is 35.5. The molecule has 3 rings (SSSR count). The van der Waals surface area contributed by atoms with Gasteiger partial charge in [-0.2, -0.15) is 0 Å². The first-order valence-corrected chi connectivity index (χ1v) is 10.8. The van der Waals surface area contributed by atoms with Gasteiger partial charge in [-0.1, -0.05) is 29.3 Å². The van der Waals surface area contributed by atoms with Gasteiger partial charge in [0.05, 0.1) is 17.9 Å². The van der Waals surface area contributed by atoms with E-state index in [1.807, 2.05) is 0 Å². The Morgan fingerprint density at radius 2 is 2.00 bits per heavy atom. The van der Waals surface area contributed by atoms with Crippen molar-refractivity contribution in [3.8, 4) is 5.75 Å². The molecule has 3 amide bonds. The van der Waals surface area contributed by atoms with Crippen LogP contribution in [0.15, 0.2) is 36.4 Å². The Balaban J connectivity index is 1.86. The Hall–Kier alpha value is -2.42. The summed E-state index contributed by atoms with van der Waals surface area (Å²) >= 11 is 13.6. The molecule has 158 valence electrons. The number of ether oxygens (including phenoxy) is 1. The van der Waals surface area contributed by atoms with Crippen LogP contribution in [0.1, 0.15) is 35.1 Å². The molecule has 1 unspecified atom stereocenters. The summed E-state index contributed by atoms with van der Waals surface area (Å²) in [7, 11) is 0. The highest BCUT2D eigenvalue weighted by molar-refractivity contribution is 8.00. The van der Waals surface area contributed by atoms with Crippen LogP contribution in [-0.2, 0) is 9.59 Å². The lowest BCUT2D eigenvalue weighted by atomic mass is 10.1. The van der Waals surface area contributed by atoms with Crippen molar-refractivity contribution in [1.82, 2.24) is 10.4 Å². The fourth-order valence-electron chi connectivity index (χ4n) is 2.91. The van der Waals surface area contributed by atoms with Crippen LogP contribution >= 0.6 is 35.0 Å². The summed E-state index contributed by atoms with van der Waals surface area (Å²) in [5.41, 5.74) is 4.06. The van der Waals surface area contributed by atoms with Gasteiger partial charge in [-0.25, -0.2) is 5.01 Å². The van der Waals surface area contributed by atoms with Gasteiger partial charge in [0, 0.05) is 34.3 Å².